The molecule has 0 amide bonds. The maximum Gasteiger partial charge on any atom is 0.346 e. The fraction of sp³-hybridized carbons (Fsp3) is 0.167. The number of carbonyl (C=O) groups is 1. The molecule has 1 aromatic carbocycles. The number of hydrogen-bond acceptors (Lipinski definition) is 4. The van der Waals surface area contributed by atoms with E-state index < -0.39 is 5.97 Å². The van der Waals surface area contributed by atoms with Crippen molar-refractivity contribution >= 4 is 35.6 Å². The third-order valence-electron chi connectivity index (χ3n) is 2.09. The second kappa shape index (κ2) is 6.38. The van der Waals surface area contributed by atoms with Crippen molar-refractivity contribution < 1.29 is 9.90 Å². The van der Waals surface area contributed by atoms with Gasteiger partial charge < -0.3 is 5.11 Å². The second-order valence-electron chi connectivity index (χ2n) is 3.08. The van der Waals surface area contributed by atoms with Crippen LogP contribution in [0.4, 0.5) is 0 Å². The number of carboxylic acids is 1. The molecule has 0 aliphatic carbocycles. The van der Waals surface area contributed by atoms with Gasteiger partial charge in [0, 0.05) is 9.79 Å². The average molecular weight is 265 g/mol. The van der Waals surface area contributed by atoms with Crippen LogP contribution in [0.25, 0.3) is 6.08 Å². The Bertz CT molecular complexity index is 504. The molecule has 0 fully saturated rings. The van der Waals surface area contributed by atoms with Crippen molar-refractivity contribution in [2.24, 2.45) is 0 Å². The van der Waals surface area contributed by atoms with Crippen molar-refractivity contribution in [1.29, 1.82) is 5.26 Å². The Balaban J connectivity index is 3.23. The Labute approximate surface area is 109 Å². The number of nitrogens with zero attached hydrogens (tertiary/aromatic N) is 1. The van der Waals surface area contributed by atoms with Crippen LogP contribution in [-0.2, 0) is 4.79 Å². The summed E-state index contributed by atoms with van der Waals surface area (Å²) in [5, 5.41) is 17.5. The molecule has 17 heavy (non-hydrogen) atoms. The van der Waals surface area contributed by atoms with E-state index in [0.717, 1.165) is 15.4 Å². The zero-order chi connectivity index (χ0) is 12.8. The van der Waals surface area contributed by atoms with Gasteiger partial charge in [0.25, 0.3) is 0 Å². The summed E-state index contributed by atoms with van der Waals surface area (Å²) in [4.78, 5) is 12.8. The van der Waals surface area contributed by atoms with Crippen LogP contribution in [0.15, 0.2) is 33.6 Å². The molecule has 1 N–H and O–H groups in total. The lowest BCUT2D eigenvalue weighted by Crippen LogP contribution is -1.97. The van der Waals surface area contributed by atoms with E-state index >= 15 is 0 Å². The van der Waals surface area contributed by atoms with Gasteiger partial charge in [-0.25, -0.2) is 4.79 Å². The van der Waals surface area contributed by atoms with Crippen LogP contribution in [0.1, 0.15) is 5.56 Å². The van der Waals surface area contributed by atoms with E-state index in [2.05, 4.69) is 0 Å². The molecule has 0 spiro atoms. The molecule has 0 bridgehead atoms. The van der Waals surface area contributed by atoms with Crippen LogP contribution < -0.4 is 0 Å². The maximum absolute atomic E-state index is 10.8. The highest BCUT2D eigenvalue weighted by atomic mass is 32.2. The van der Waals surface area contributed by atoms with Crippen LogP contribution in [0.5, 0.6) is 0 Å². The fourth-order valence-electron chi connectivity index (χ4n) is 1.24. The summed E-state index contributed by atoms with van der Waals surface area (Å²) in [6.45, 7) is 0. The van der Waals surface area contributed by atoms with E-state index in [0.29, 0.717) is 0 Å². The Hall–Kier alpha value is -1.38. The molecule has 1 aromatic rings. The molecule has 0 aliphatic heterocycles. The molecule has 1 rings (SSSR count). The van der Waals surface area contributed by atoms with Gasteiger partial charge >= 0.3 is 5.97 Å². The molecule has 3 nitrogen and oxygen atoms in total. The SMILES string of the molecule is CSc1ccc(C=C(C#N)C(=O)O)c(SC)c1. The standard InChI is InChI=1S/C12H11NO2S2/c1-16-10-4-3-8(11(6-10)17-2)5-9(7-13)12(14)15/h3-6H,1-2H3,(H,14,15). The molecule has 0 radical (unpaired) electrons. The lowest BCUT2D eigenvalue weighted by atomic mass is 10.1. The van der Waals surface area contributed by atoms with Gasteiger partial charge in [-0.3, -0.25) is 0 Å². The van der Waals surface area contributed by atoms with Crippen molar-refractivity contribution in [2.45, 2.75) is 9.79 Å². The summed E-state index contributed by atoms with van der Waals surface area (Å²) in [6.07, 6.45) is 5.30. The van der Waals surface area contributed by atoms with Gasteiger partial charge in [0.1, 0.15) is 11.6 Å². The molecule has 0 saturated carbocycles. The van der Waals surface area contributed by atoms with Gasteiger partial charge in [-0.1, -0.05) is 6.07 Å². The average Bonchev–Trinajstić information content (AvgIpc) is 2.35. The highest BCUT2D eigenvalue weighted by Gasteiger charge is 2.08. The van der Waals surface area contributed by atoms with Gasteiger partial charge in [-0.2, -0.15) is 5.26 Å². The lowest BCUT2D eigenvalue weighted by molar-refractivity contribution is -0.132. The minimum atomic E-state index is -1.20. The maximum atomic E-state index is 10.8. The highest BCUT2D eigenvalue weighted by Crippen LogP contribution is 2.27. The zero-order valence-corrected chi connectivity index (χ0v) is 11.1. The van der Waals surface area contributed by atoms with Crippen molar-refractivity contribution in [3.8, 4) is 6.07 Å². The van der Waals surface area contributed by atoms with Crippen LogP contribution in [0.2, 0.25) is 0 Å². The van der Waals surface area contributed by atoms with E-state index in [1.54, 1.807) is 17.8 Å². The Morgan fingerprint density at radius 3 is 2.59 bits per heavy atom. The first-order valence-corrected chi connectivity index (χ1v) is 7.14. The van der Waals surface area contributed by atoms with E-state index in [4.69, 9.17) is 10.4 Å². The van der Waals surface area contributed by atoms with Gasteiger partial charge in [0.2, 0.25) is 0 Å². The van der Waals surface area contributed by atoms with E-state index in [-0.39, 0.29) is 5.57 Å². The molecule has 88 valence electrons. The normalized spacial score (nSPS) is 11.0. The fourth-order valence-corrected chi connectivity index (χ4v) is 2.36. The molecule has 0 atom stereocenters. The third-order valence-corrected chi connectivity index (χ3v) is 3.61. The number of benzene rings is 1. The smallest absolute Gasteiger partial charge is 0.346 e. The van der Waals surface area contributed by atoms with E-state index in [1.165, 1.54) is 17.8 Å². The minimum Gasteiger partial charge on any atom is -0.477 e. The third kappa shape index (κ3) is 3.55. The number of hydrogen-bond donors (Lipinski definition) is 1. The van der Waals surface area contributed by atoms with Crippen LogP contribution in [-0.4, -0.2) is 23.6 Å². The van der Waals surface area contributed by atoms with Crippen molar-refractivity contribution in [2.75, 3.05) is 12.5 Å². The van der Waals surface area contributed by atoms with Crippen molar-refractivity contribution in [3.63, 3.8) is 0 Å². The van der Waals surface area contributed by atoms with Gasteiger partial charge in [-0.05, 0) is 36.3 Å². The van der Waals surface area contributed by atoms with Crippen molar-refractivity contribution in [3.05, 3.63) is 29.3 Å². The zero-order valence-electron chi connectivity index (χ0n) is 9.43. The Morgan fingerprint density at radius 1 is 1.41 bits per heavy atom. The predicted molar refractivity (Wildman–Crippen MR) is 71.2 cm³/mol. The molecule has 0 aromatic heterocycles. The molecule has 0 unspecified atom stereocenters. The molecule has 5 heteroatoms. The van der Waals surface area contributed by atoms with Gasteiger partial charge in [-0.15, -0.1) is 23.5 Å². The quantitative estimate of drug-likeness (QED) is 0.515. The monoisotopic (exact) mass is 265 g/mol. The highest BCUT2D eigenvalue weighted by molar-refractivity contribution is 7.99. The second-order valence-corrected chi connectivity index (χ2v) is 4.81. The Kier molecular flexibility index (Phi) is 5.13. The van der Waals surface area contributed by atoms with Crippen LogP contribution in [0.3, 0.4) is 0 Å². The number of carboxylic acid groups (broad SMARTS) is 1. The molecule has 0 aliphatic rings. The van der Waals surface area contributed by atoms with Crippen molar-refractivity contribution in [1.82, 2.24) is 0 Å². The van der Waals surface area contributed by atoms with Crippen LogP contribution >= 0.6 is 23.5 Å². The largest absolute Gasteiger partial charge is 0.477 e. The lowest BCUT2D eigenvalue weighted by Gasteiger charge is -2.05. The van der Waals surface area contributed by atoms with Crippen LogP contribution in [0, 0.1) is 11.3 Å². The summed E-state index contributed by atoms with van der Waals surface area (Å²) < 4.78 is 0. The first-order chi connectivity index (χ1) is 8.12. The summed E-state index contributed by atoms with van der Waals surface area (Å²) in [7, 11) is 0. The number of thioether (sulfide) groups is 2. The van der Waals surface area contributed by atoms with E-state index in [9.17, 15) is 4.79 Å². The number of aliphatic carboxylic acids is 1. The summed E-state index contributed by atoms with van der Waals surface area (Å²) >= 11 is 3.15. The first kappa shape index (κ1) is 13.7. The van der Waals surface area contributed by atoms with Gasteiger partial charge in [0.15, 0.2) is 0 Å². The number of nitriles is 1. The number of rotatable bonds is 4. The van der Waals surface area contributed by atoms with E-state index in [1.807, 2.05) is 30.7 Å². The van der Waals surface area contributed by atoms with Gasteiger partial charge in [0.05, 0.1) is 0 Å². The molecular formula is C12H11NO2S2. The minimum absolute atomic E-state index is 0.253. The topological polar surface area (TPSA) is 61.1 Å². The first-order valence-electron chi connectivity index (χ1n) is 4.69. The molecule has 0 heterocycles. The summed E-state index contributed by atoms with van der Waals surface area (Å²) in [5.74, 6) is -1.20. The summed E-state index contributed by atoms with van der Waals surface area (Å²) in [6, 6.07) is 7.40. The Morgan fingerprint density at radius 2 is 2.12 bits per heavy atom. The molecular weight excluding hydrogens is 254 g/mol. The predicted octanol–water partition coefficient (Wildman–Crippen LogP) is 3.12. The molecule has 0 saturated heterocycles. The summed E-state index contributed by atoms with van der Waals surface area (Å²) in [5.41, 5.74) is 0.506.